The Morgan fingerprint density at radius 2 is 1.96 bits per heavy atom. The summed E-state index contributed by atoms with van der Waals surface area (Å²) in [7, 11) is 1.54. The molecule has 0 unspecified atom stereocenters. The molecular weight excluding hydrogens is 296 g/mol. The zero-order valence-electron chi connectivity index (χ0n) is 12.9. The second kappa shape index (κ2) is 6.83. The van der Waals surface area contributed by atoms with Crippen LogP contribution in [0, 0.1) is 0 Å². The van der Waals surface area contributed by atoms with Crippen LogP contribution in [0.4, 0.5) is 11.4 Å². The first-order valence-corrected chi connectivity index (χ1v) is 6.97. The van der Waals surface area contributed by atoms with Gasteiger partial charge in [-0.15, -0.1) is 0 Å². The molecule has 2 rings (SSSR count). The van der Waals surface area contributed by atoms with Crippen LogP contribution in [-0.4, -0.2) is 30.5 Å². The van der Waals surface area contributed by atoms with Crippen molar-refractivity contribution in [2.75, 3.05) is 24.3 Å². The number of hydrogen-bond acceptors (Lipinski definition) is 5. The number of nitrogens with zero attached hydrogens (tertiary/aromatic N) is 1. The summed E-state index contributed by atoms with van der Waals surface area (Å²) in [5.41, 5.74) is 7.09. The molecule has 0 bridgehead atoms. The highest BCUT2D eigenvalue weighted by Crippen LogP contribution is 2.26. The van der Waals surface area contributed by atoms with Crippen LogP contribution in [0.5, 0.6) is 11.5 Å². The van der Waals surface area contributed by atoms with Gasteiger partial charge in [-0.05, 0) is 31.2 Å². The molecule has 0 aromatic heterocycles. The van der Waals surface area contributed by atoms with E-state index in [1.807, 2.05) is 0 Å². The summed E-state index contributed by atoms with van der Waals surface area (Å²) in [4.78, 5) is 24.8. The number of amides is 1. The number of Topliss-reactive ketones (excluding diaryl/α,β-unsaturated/α-hetero) is 1. The molecule has 6 nitrogen and oxygen atoms in total. The summed E-state index contributed by atoms with van der Waals surface area (Å²) < 4.78 is 5.42. The van der Waals surface area contributed by atoms with Gasteiger partial charge in [0.1, 0.15) is 11.5 Å². The smallest absolute Gasteiger partial charge is 0.264 e. The number of carbonyl (C=O) groups is 2. The predicted molar refractivity (Wildman–Crippen MR) is 87.9 cm³/mol. The van der Waals surface area contributed by atoms with E-state index < -0.39 is 0 Å². The van der Waals surface area contributed by atoms with Crippen LogP contribution >= 0.6 is 0 Å². The number of anilines is 2. The van der Waals surface area contributed by atoms with Gasteiger partial charge in [-0.2, -0.15) is 0 Å². The fourth-order valence-corrected chi connectivity index (χ4v) is 2.00. The zero-order chi connectivity index (χ0) is 17.0. The fraction of sp³-hybridized carbons (Fsp3) is 0.176. The molecule has 0 fully saturated rings. The van der Waals surface area contributed by atoms with Crippen LogP contribution in [0.15, 0.2) is 42.5 Å². The van der Waals surface area contributed by atoms with Crippen molar-refractivity contribution in [3.8, 4) is 11.5 Å². The molecule has 0 aliphatic heterocycles. The third kappa shape index (κ3) is 4.00. The molecule has 2 aromatic rings. The molecule has 2 aromatic carbocycles. The minimum absolute atomic E-state index is 0.0175. The van der Waals surface area contributed by atoms with E-state index in [0.717, 1.165) is 0 Å². The molecule has 120 valence electrons. The minimum Gasteiger partial charge on any atom is -0.508 e. The van der Waals surface area contributed by atoms with E-state index in [-0.39, 0.29) is 24.0 Å². The monoisotopic (exact) mass is 314 g/mol. The van der Waals surface area contributed by atoms with Crippen molar-refractivity contribution in [3.63, 3.8) is 0 Å². The molecule has 0 spiro atoms. The van der Waals surface area contributed by atoms with E-state index in [0.29, 0.717) is 22.7 Å². The number of aromatic hydroxyl groups is 1. The number of phenolic OH excluding ortho intramolecular Hbond substituents is 1. The summed E-state index contributed by atoms with van der Waals surface area (Å²) in [6.45, 7) is 1.25. The van der Waals surface area contributed by atoms with Gasteiger partial charge in [0.15, 0.2) is 12.4 Å². The minimum atomic E-state index is -0.337. The molecule has 0 aliphatic carbocycles. The number of rotatable bonds is 5. The van der Waals surface area contributed by atoms with Gasteiger partial charge in [0.25, 0.3) is 5.91 Å². The Hall–Kier alpha value is -3.02. The zero-order valence-corrected chi connectivity index (χ0v) is 12.9. The number of carbonyl (C=O) groups excluding carboxylic acids is 2. The van der Waals surface area contributed by atoms with Crippen LogP contribution in [-0.2, 0) is 4.79 Å². The molecule has 0 saturated carbocycles. The molecule has 23 heavy (non-hydrogen) atoms. The summed E-state index contributed by atoms with van der Waals surface area (Å²) in [6, 6.07) is 11.0. The van der Waals surface area contributed by atoms with Crippen molar-refractivity contribution in [2.45, 2.75) is 6.92 Å². The van der Waals surface area contributed by atoms with Gasteiger partial charge in [0, 0.05) is 18.7 Å². The van der Waals surface area contributed by atoms with E-state index in [1.165, 1.54) is 30.0 Å². The highest BCUT2D eigenvalue weighted by molar-refractivity contribution is 5.97. The van der Waals surface area contributed by atoms with Gasteiger partial charge in [-0.1, -0.05) is 12.1 Å². The van der Waals surface area contributed by atoms with Gasteiger partial charge in [0.05, 0.1) is 11.4 Å². The topological polar surface area (TPSA) is 92.9 Å². The highest BCUT2D eigenvalue weighted by Gasteiger charge is 2.15. The Morgan fingerprint density at radius 1 is 1.22 bits per heavy atom. The van der Waals surface area contributed by atoms with Gasteiger partial charge in [-0.3, -0.25) is 9.59 Å². The Labute approximate surface area is 134 Å². The standard InChI is InChI=1S/C17H18N2O4/c1-11(20)12-4-3-5-14(8-12)23-10-17(22)19(2)16-9-13(21)6-7-15(16)18/h3-9,21H,10,18H2,1-2H3. The summed E-state index contributed by atoms with van der Waals surface area (Å²) in [5.74, 6) is 0.0363. The van der Waals surface area contributed by atoms with Crippen molar-refractivity contribution in [3.05, 3.63) is 48.0 Å². The second-order valence-corrected chi connectivity index (χ2v) is 5.07. The average molecular weight is 314 g/mol. The van der Waals surface area contributed by atoms with Crippen LogP contribution in [0.25, 0.3) is 0 Å². The van der Waals surface area contributed by atoms with Gasteiger partial charge in [-0.25, -0.2) is 0 Å². The van der Waals surface area contributed by atoms with Crippen LogP contribution in [0.1, 0.15) is 17.3 Å². The quantitative estimate of drug-likeness (QED) is 0.501. The summed E-state index contributed by atoms with van der Waals surface area (Å²) in [5, 5.41) is 9.50. The van der Waals surface area contributed by atoms with E-state index in [9.17, 15) is 14.7 Å². The lowest BCUT2D eigenvalue weighted by atomic mass is 10.1. The van der Waals surface area contributed by atoms with Crippen molar-refractivity contribution >= 4 is 23.1 Å². The lowest BCUT2D eigenvalue weighted by Gasteiger charge is -2.19. The maximum absolute atomic E-state index is 12.2. The van der Waals surface area contributed by atoms with Crippen molar-refractivity contribution < 1.29 is 19.4 Å². The largest absolute Gasteiger partial charge is 0.508 e. The third-order valence-electron chi connectivity index (χ3n) is 3.35. The number of phenols is 1. The molecule has 3 N–H and O–H groups in total. The molecule has 1 amide bonds. The van der Waals surface area contributed by atoms with Crippen molar-refractivity contribution in [1.82, 2.24) is 0 Å². The van der Waals surface area contributed by atoms with Gasteiger partial charge in [0.2, 0.25) is 0 Å². The molecule has 0 heterocycles. The predicted octanol–water partition coefficient (Wildman–Crippen LogP) is 2.22. The highest BCUT2D eigenvalue weighted by atomic mass is 16.5. The van der Waals surface area contributed by atoms with E-state index in [4.69, 9.17) is 10.5 Å². The molecule has 0 atom stereocenters. The van der Waals surface area contributed by atoms with E-state index in [1.54, 1.807) is 31.3 Å². The van der Waals surface area contributed by atoms with Gasteiger partial charge < -0.3 is 20.5 Å². The van der Waals surface area contributed by atoms with Crippen LogP contribution in [0.3, 0.4) is 0 Å². The number of likely N-dealkylation sites (N-methyl/N-ethyl adjacent to an activating group) is 1. The molecular formula is C17H18N2O4. The molecule has 6 heteroatoms. The second-order valence-electron chi connectivity index (χ2n) is 5.07. The first-order valence-electron chi connectivity index (χ1n) is 6.97. The summed E-state index contributed by atoms with van der Waals surface area (Å²) >= 11 is 0. The number of benzene rings is 2. The van der Waals surface area contributed by atoms with Gasteiger partial charge >= 0.3 is 0 Å². The third-order valence-corrected chi connectivity index (χ3v) is 3.35. The van der Waals surface area contributed by atoms with Crippen molar-refractivity contribution in [2.24, 2.45) is 0 Å². The lowest BCUT2D eigenvalue weighted by molar-refractivity contribution is -0.120. The lowest BCUT2D eigenvalue weighted by Crippen LogP contribution is -2.31. The van der Waals surface area contributed by atoms with E-state index in [2.05, 4.69) is 0 Å². The molecule has 0 radical (unpaired) electrons. The number of ether oxygens (including phenoxy) is 1. The SMILES string of the molecule is CC(=O)c1cccc(OCC(=O)N(C)c2cc(O)ccc2N)c1. The average Bonchev–Trinajstić information content (AvgIpc) is 2.54. The first kappa shape index (κ1) is 16.4. The number of nitrogens with two attached hydrogens (primary N) is 1. The maximum atomic E-state index is 12.2. The maximum Gasteiger partial charge on any atom is 0.264 e. The molecule has 0 aliphatic rings. The number of hydrogen-bond donors (Lipinski definition) is 2. The Balaban J connectivity index is 2.06. The van der Waals surface area contributed by atoms with Crippen LogP contribution in [0.2, 0.25) is 0 Å². The fourth-order valence-electron chi connectivity index (χ4n) is 2.00. The van der Waals surface area contributed by atoms with Crippen LogP contribution < -0.4 is 15.4 Å². The van der Waals surface area contributed by atoms with E-state index >= 15 is 0 Å². The Morgan fingerprint density at radius 3 is 2.65 bits per heavy atom. The Bertz CT molecular complexity index is 743. The number of ketones is 1. The Kier molecular flexibility index (Phi) is 4.85. The summed E-state index contributed by atoms with van der Waals surface area (Å²) in [6.07, 6.45) is 0. The normalized spacial score (nSPS) is 10.2. The number of nitrogen functional groups attached to an aromatic ring is 1. The first-order chi connectivity index (χ1) is 10.9. The van der Waals surface area contributed by atoms with Crippen molar-refractivity contribution in [1.29, 1.82) is 0 Å². The molecule has 0 saturated heterocycles.